The molecule has 0 saturated carbocycles. The average molecular weight is 1140 g/mol. The summed E-state index contributed by atoms with van der Waals surface area (Å²) in [4.78, 5) is 53.4. The third kappa shape index (κ3) is 13.2. The van der Waals surface area contributed by atoms with E-state index in [9.17, 15) is 9.59 Å². The molecular formula is C56H63Cl2F2N11O9. The van der Waals surface area contributed by atoms with E-state index in [4.69, 9.17) is 76.3 Å². The second-order valence-corrected chi connectivity index (χ2v) is 20.3. The maximum Gasteiger partial charge on any atom is 0.243 e. The minimum Gasteiger partial charge on any atom is -0.495 e. The van der Waals surface area contributed by atoms with Crippen LogP contribution in [0.5, 0.6) is 23.0 Å². The van der Waals surface area contributed by atoms with Crippen LogP contribution < -0.4 is 45.5 Å². The van der Waals surface area contributed by atoms with Gasteiger partial charge in [0.1, 0.15) is 11.5 Å². The molecule has 3 fully saturated rings. The Hall–Kier alpha value is -7.08. The van der Waals surface area contributed by atoms with Crippen LogP contribution in [0.2, 0.25) is 10.0 Å². The van der Waals surface area contributed by atoms with Gasteiger partial charge in [0.15, 0.2) is 23.1 Å². The molecule has 20 nitrogen and oxygen atoms in total. The van der Waals surface area contributed by atoms with Crippen LogP contribution in [-0.4, -0.2) is 146 Å². The first-order valence-corrected chi connectivity index (χ1v) is 27.0. The fourth-order valence-electron chi connectivity index (χ4n) is 9.92. The van der Waals surface area contributed by atoms with Gasteiger partial charge >= 0.3 is 0 Å². The molecule has 0 bridgehead atoms. The first kappa shape index (κ1) is 57.6. The van der Waals surface area contributed by atoms with E-state index in [1.54, 1.807) is 30.6 Å². The number of amides is 2. The zero-order chi connectivity index (χ0) is 56.5. The van der Waals surface area contributed by atoms with E-state index in [1.165, 1.54) is 39.5 Å². The van der Waals surface area contributed by atoms with Gasteiger partial charge in [0.05, 0.1) is 115 Å². The number of carbonyl (C=O) groups excluding carboxylic acids is 2. The van der Waals surface area contributed by atoms with E-state index in [0.29, 0.717) is 140 Å². The van der Waals surface area contributed by atoms with E-state index in [-0.39, 0.29) is 87.7 Å². The van der Waals surface area contributed by atoms with Crippen molar-refractivity contribution in [3.63, 3.8) is 0 Å². The van der Waals surface area contributed by atoms with Crippen molar-refractivity contribution >= 4 is 68.7 Å². The SMILES string of the molecule is C=CC(=O)N[C@H]1CCOC[C@H]1Nc1ncc2cc(-c3c(F)c(OC)cc(OCCC(C)NCCc4nc(-c5c(Cl)c(OC)cc(OC)c5Cl)cc5cnc(N[C@@H]6COCC[C@@H]6NC(=O)C=C)nc45)c3F)nc(CC3CCOC3)c2n1. The molecule has 0 spiro atoms. The van der Waals surface area contributed by atoms with Gasteiger partial charge in [0, 0.05) is 86.3 Å². The summed E-state index contributed by atoms with van der Waals surface area (Å²) in [6.45, 7) is 12.2. The number of methoxy groups -OCH3 is 3. The maximum atomic E-state index is 16.9. The fourth-order valence-corrected chi connectivity index (χ4v) is 10.6. The number of nitrogens with one attached hydrogen (secondary N) is 5. The average Bonchev–Trinajstić information content (AvgIpc) is 3.98. The smallest absolute Gasteiger partial charge is 0.243 e. The second-order valence-electron chi connectivity index (χ2n) is 19.6. The summed E-state index contributed by atoms with van der Waals surface area (Å²) in [6, 6.07) is 4.75. The maximum absolute atomic E-state index is 16.9. The summed E-state index contributed by atoms with van der Waals surface area (Å²) in [5, 5.41) is 17.7. The van der Waals surface area contributed by atoms with Gasteiger partial charge in [-0.3, -0.25) is 19.6 Å². The standard InChI is InChI=1S/C56H63Cl2F2N11O9/c1-7-45(72)66-33-12-16-78-27-39(33)68-55-62-24-31-20-36(47-49(57)41(74-4)22-42(75-5)50(47)58)64-35(53(31)70-55)9-14-61-29(3)10-18-80-44-23-43(76-6)51(59)48(52(44)60)37-21-32-25-63-56(69-40-28-79-17-13-34(40)67-46(73)8-2)71-54(32)38(65-37)19-30-11-15-77-26-30/h7-8,20-25,29-30,33-34,39-40,61H,1-2,9-19,26-28H2,3-6H3,(H,66,72)(H,67,73)(H,62,68,70)(H,63,69,71)/t29?,30?,33-,34-,39+,40+/m0/s1. The number of anilines is 2. The lowest BCUT2D eigenvalue weighted by molar-refractivity contribution is -0.118. The third-order valence-corrected chi connectivity index (χ3v) is 15.0. The van der Waals surface area contributed by atoms with Gasteiger partial charge in [0.25, 0.3) is 0 Å². The zero-order valence-corrected chi connectivity index (χ0v) is 46.3. The zero-order valence-electron chi connectivity index (χ0n) is 44.8. The summed E-state index contributed by atoms with van der Waals surface area (Å²) >= 11 is 13.8. The Morgan fingerprint density at radius 2 is 1.20 bits per heavy atom. The van der Waals surface area contributed by atoms with E-state index in [2.05, 4.69) is 49.7 Å². The highest BCUT2D eigenvalue weighted by molar-refractivity contribution is 6.41. The van der Waals surface area contributed by atoms with Crippen molar-refractivity contribution in [3.05, 3.63) is 95.0 Å². The summed E-state index contributed by atoms with van der Waals surface area (Å²) in [7, 11) is 4.28. The van der Waals surface area contributed by atoms with Crippen molar-refractivity contribution < 1.29 is 51.5 Å². The van der Waals surface area contributed by atoms with Gasteiger partial charge in [-0.1, -0.05) is 36.4 Å². The molecule has 2 amide bonds. The van der Waals surface area contributed by atoms with Crippen molar-refractivity contribution in [3.8, 4) is 45.5 Å². The van der Waals surface area contributed by atoms with E-state index >= 15 is 8.78 Å². The van der Waals surface area contributed by atoms with Gasteiger partial charge < -0.3 is 59.7 Å². The number of ether oxygens (including phenoxy) is 7. The van der Waals surface area contributed by atoms with Gasteiger partial charge in [-0.25, -0.2) is 28.7 Å². The van der Waals surface area contributed by atoms with Crippen molar-refractivity contribution in [1.82, 2.24) is 45.9 Å². The third-order valence-electron chi connectivity index (χ3n) is 14.3. The molecule has 5 N–H and O–H groups in total. The molecule has 4 aromatic heterocycles. The number of nitrogens with zero attached hydrogens (tertiary/aromatic N) is 6. The predicted molar refractivity (Wildman–Crippen MR) is 299 cm³/mol. The van der Waals surface area contributed by atoms with Gasteiger partial charge in [-0.05, 0) is 69.2 Å². The molecule has 2 unspecified atom stereocenters. The molecule has 424 valence electrons. The Morgan fingerprint density at radius 3 is 1.75 bits per heavy atom. The van der Waals surface area contributed by atoms with Crippen LogP contribution in [0, 0.1) is 17.6 Å². The highest BCUT2D eigenvalue weighted by Gasteiger charge is 2.31. The minimum atomic E-state index is -0.953. The van der Waals surface area contributed by atoms with Gasteiger partial charge in [-0.15, -0.1) is 0 Å². The van der Waals surface area contributed by atoms with Gasteiger partial charge in [-0.2, -0.15) is 0 Å². The number of fused-ring (bicyclic) bond motifs is 2. The molecule has 0 aliphatic carbocycles. The lowest BCUT2D eigenvalue weighted by Crippen LogP contribution is -2.52. The Kier molecular flexibility index (Phi) is 19.1. The fraction of sp³-hybridized carbons (Fsp3) is 0.429. The predicted octanol–water partition coefficient (Wildman–Crippen LogP) is 7.62. The van der Waals surface area contributed by atoms with Crippen LogP contribution >= 0.6 is 23.2 Å². The van der Waals surface area contributed by atoms with Crippen LogP contribution in [0.15, 0.2) is 62.0 Å². The molecule has 3 saturated heterocycles. The number of hydrogen-bond acceptors (Lipinski definition) is 18. The van der Waals surface area contributed by atoms with Crippen molar-refractivity contribution in [2.45, 2.75) is 75.7 Å². The monoisotopic (exact) mass is 1140 g/mol. The molecule has 24 heteroatoms. The number of rotatable bonds is 23. The van der Waals surface area contributed by atoms with Crippen LogP contribution in [0.3, 0.4) is 0 Å². The first-order valence-electron chi connectivity index (χ1n) is 26.3. The van der Waals surface area contributed by atoms with E-state index in [1.807, 2.05) is 6.92 Å². The lowest BCUT2D eigenvalue weighted by atomic mass is 9.99. The van der Waals surface area contributed by atoms with E-state index < -0.39 is 17.2 Å². The number of aromatic nitrogens is 6. The molecule has 3 aliphatic heterocycles. The molecule has 6 atom stereocenters. The normalized spacial score (nSPS) is 19.5. The number of halogens is 4. The molecular weight excluding hydrogens is 1080 g/mol. The minimum absolute atomic E-state index is 0.00932. The molecule has 0 radical (unpaired) electrons. The number of pyridine rings is 2. The first-order chi connectivity index (χ1) is 38.8. The summed E-state index contributed by atoms with van der Waals surface area (Å²) in [6.07, 6.45) is 8.81. The second kappa shape index (κ2) is 26.5. The summed E-state index contributed by atoms with van der Waals surface area (Å²) in [5.41, 5.74) is 2.55. The highest BCUT2D eigenvalue weighted by Crippen LogP contribution is 2.46. The molecule has 7 heterocycles. The summed E-state index contributed by atoms with van der Waals surface area (Å²) < 4.78 is 73.0. The topological polar surface area (TPSA) is 236 Å². The van der Waals surface area contributed by atoms with Crippen molar-refractivity contribution in [2.75, 3.05) is 84.8 Å². The lowest BCUT2D eigenvalue weighted by Gasteiger charge is -2.32. The Balaban J connectivity index is 0.933. The Labute approximate surface area is 471 Å². The van der Waals surface area contributed by atoms with E-state index in [0.717, 1.165) is 6.42 Å². The quantitative estimate of drug-likeness (QED) is 0.0388. The number of hydrogen-bond donors (Lipinski definition) is 5. The molecule has 80 heavy (non-hydrogen) atoms. The molecule has 9 rings (SSSR count). The van der Waals surface area contributed by atoms with Gasteiger partial charge in [0.2, 0.25) is 23.7 Å². The highest BCUT2D eigenvalue weighted by atomic mass is 35.5. The summed E-state index contributed by atoms with van der Waals surface area (Å²) in [5.74, 6) is -1.61. The number of carbonyl (C=O) groups is 2. The molecule has 3 aliphatic rings. The molecule has 2 aromatic carbocycles. The largest absolute Gasteiger partial charge is 0.495 e. The van der Waals surface area contributed by atoms with Crippen LogP contribution in [-0.2, 0) is 36.6 Å². The van der Waals surface area contributed by atoms with Crippen molar-refractivity contribution in [1.29, 1.82) is 0 Å². The van der Waals surface area contributed by atoms with Crippen molar-refractivity contribution in [2.24, 2.45) is 5.92 Å². The Morgan fingerprint density at radius 1 is 0.688 bits per heavy atom. The Bertz CT molecular complexity index is 3240. The van der Waals surface area contributed by atoms with Crippen LogP contribution in [0.4, 0.5) is 20.7 Å². The molecule has 6 aromatic rings. The van der Waals surface area contributed by atoms with Crippen LogP contribution in [0.25, 0.3) is 44.3 Å². The van der Waals surface area contributed by atoms with Crippen LogP contribution in [0.1, 0.15) is 44.0 Å². The number of benzene rings is 2.